The largest absolute Gasteiger partial charge is 0.417 e. The number of fused-ring (bicyclic) bond motifs is 7. The van der Waals surface area contributed by atoms with Crippen LogP contribution in [0.3, 0.4) is 0 Å². The highest BCUT2D eigenvalue weighted by Crippen LogP contribution is 2.47. The number of alkyl halides is 3. The lowest BCUT2D eigenvalue weighted by Crippen LogP contribution is -2.29. The van der Waals surface area contributed by atoms with Crippen LogP contribution in [0, 0.1) is 13.8 Å². The molecule has 0 bridgehead atoms. The molecule has 7 aromatic rings. The van der Waals surface area contributed by atoms with Crippen LogP contribution in [-0.2, 0) is 13.2 Å². The summed E-state index contributed by atoms with van der Waals surface area (Å²) in [4.78, 5) is 0. The van der Waals surface area contributed by atoms with Gasteiger partial charge in [0.25, 0.3) is 0 Å². The molecule has 166 valence electrons. The van der Waals surface area contributed by atoms with Gasteiger partial charge in [0.2, 0.25) is 5.52 Å². The molecule has 0 spiro atoms. The van der Waals surface area contributed by atoms with Gasteiger partial charge in [-0.3, -0.25) is 0 Å². The van der Waals surface area contributed by atoms with Gasteiger partial charge in [-0.15, -0.1) is 0 Å². The summed E-state index contributed by atoms with van der Waals surface area (Å²) in [5, 5.41) is 5.75. The van der Waals surface area contributed by atoms with E-state index in [1.54, 1.807) is 6.07 Å². The van der Waals surface area contributed by atoms with E-state index >= 15 is 0 Å². The summed E-state index contributed by atoms with van der Waals surface area (Å²) in [5.41, 5.74) is 5.00. The van der Waals surface area contributed by atoms with Gasteiger partial charge in [-0.2, -0.15) is 13.2 Å². The molecule has 4 aromatic carbocycles. The third kappa shape index (κ3) is 2.20. The van der Waals surface area contributed by atoms with Crippen LogP contribution in [0.5, 0.6) is 0 Å². The molecule has 7 rings (SSSR count). The topological polar surface area (TPSA) is 8.29 Å². The molecule has 0 saturated heterocycles. The number of hydrogen-bond acceptors (Lipinski definition) is 0. The third-order valence-electron chi connectivity index (χ3n) is 7.50. The van der Waals surface area contributed by atoms with Crippen molar-refractivity contribution in [1.29, 1.82) is 0 Å². The first kappa shape index (κ1) is 19.6. The van der Waals surface area contributed by atoms with Gasteiger partial charge in [-0.1, -0.05) is 42.5 Å². The Morgan fingerprint density at radius 2 is 1.38 bits per heavy atom. The maximum atomic E-state index is 14.4. The van der Waals surface area contributed by atoms with Crippen molar-refractivity contribution in [3.8, 4) is 0 Å². The second-order valence-corrected chi connectivity index (χ2v) is 9.26. The number of benzene rings is 4. The summed E-state index contributed by atoms with van der Waals surface area (Å²) in [6.07, 6.45) is -2.59. The van der Waals surface area contributed by atoms with Gasteiger partial charge in [0, 0.05) is 16.8 Å². The van der Waals surface area contributed by atoms with Gasteiger partial charge in [-0.25, -0.2) is 4.57 Å². The Hall–Kier alpha value is -3.86. The fraction of sp³-hybridized carbons (Fsp3) is 0.138. The molecule has 0 amide bonds. The summed E-state index contributed by atoms with van der Waals surface area (Å²) in [5.74, 6) is 0. The quantitative estimate of drug-likeness (QED) is 0.127. The summed E-state index contributed by atoms with van der Waals surface area (Å²) in [6, 6.07) is 18.9. The average Bonchev–Trinajstić information content (AvgIpc) is 3.17. The van der Waals surface area contributed by atoms with Crippen LogP contribution in [0.2, 0.25) is 0 Å². The van der Waals surface area contributed by atoms with Crippen molar-refractivity contribution in [3.63, 3.8) is 0 Å². The smallest absolute Gasteiger partial charge is 0.307 e. The number of rotatable bonds is 0. The Morgan fingerprint density at radius 1 is 0.735 bits per heavy atom. The number of halogens is 3. The zero-order valence-electron chi connectivity index (χ0n) is 18.9. The van der Waals surface area contributed by atoms with E-state index in [4.69, 9.17) is 0 Å². The molecule has 0 radical (unpaired) electrons. The number of pyridine rings is 2. The SMILES string of the molecule is Cc1c2ccccc2c(C)c2c1c1c3c(cc[n+]1C)cc(C(F)(F)F)c1c4ccccc4n2c13. The van der Waals surface area contributed by atoms with Gasteiger partial charge in [-0.05, 0) is 53.3 Å². The van der Waals surface area contributed by atoms with Gasteiger partial charge >= 0.3 is 6.18 Å². The summed E-state index contributed by atoms with van der Waals surface area (Å²) < 4.78 is 47.4. The third-order valence-corrected chi connectivity index (χ3v) is 7.50. The maximum Gasteiger partial charge on any atom is 0.417 e. The monoisotopic (exact) mass is 453 g/mol. The van der Waals surface area contributed by atoms with Crippen LogP contribution in [-0.4, -0.2) is 4.40 Å². The van der Waals surface area contributed by atoms with Crippen LogP contribution in [0.25, 0.3) is 59.8 Å². The maximum absolute atomic E-state index is 14.4. The molecule has 0 saturated carbocycles. The first-order chi connectivity index (χ1) is 16.3. The minimum absolute atomic E-state index is 0.277. The van der Waals surface area contributed by atoms with E-state index in [9.17, 15) is 13.2 Å². The van der Waals surface area contributed by atoms with Crippen LogP contribution in [0.1, 0.15) is 16.7 Å². The summed E-state index contributed by atoms with van der Waals surface area (Å²) in [7, 11) is 1.98. The number of aromatic nitrogens is 2. The van der Waals surface area contributed by atoms with Gasteiger partial charge in [0.1, 0.15) is 7.05 Å². The Bertz CT molecular complexity index is 1980. The molecule has 0 N–H and O–H groups in total. The molecule has 34 heavy (non-hydrogen) atoms. The molecule has 2 nitrogen and oxygen atoms in total. The summed E-state index contributed by atoms with van der Waals surface area (Å²) >= 11 is 0. The van der Waals surface area contributed by atoms with Crippen molar-refractivity contribution in [2.45, 2.75) is 20.0 Å². The van der Waals surface area contributed by atoms with Crippen molar-refractivity contribution >= 4 is 59.8 Å². The van der Waals surface area contributed by atoms with E-state index in [0.29, 0.717) is 16.3 Å². The molecule has 3 heterocycles. The Labute approximate surface area is 192 Å². The van der Waals surface area contributed by atoms with E-state index in [2.05, 4.69) is 34.9 Å². The lowest BCUT2D eigenvalue weighted by atomic mass is 9.92. The van der Waals surface area contributed by atoms with Gasteiger partial charge in [0.15, 0.2) is 6.20 Å². The Balaban J connectivity index is 1.99. The molecular formula is C29H20F3N2+. The van der Waals surface area contributed by atoms with Crippen molar-refractivity contribution in [2.75, 3.05) is 0 Å². The first-order valence-electron chi connectivity index (χ1n) is 11.3. The second kappa shape index (κ2) is 6.17. The molecule has 3 aromatic heterocycles. The van der Waals surface area contributed by atoms with Crippen molar-refractivity contribution in [2.24, 2.45) is 7.05 Å². The van der Waals surface area contributed by atoms with Crippen LogP contribution in [0.15, 0.2) is 66.9 Å². The molecule has 0 aliphatic carbocycles. The molecule has 5 heteroatoms. The van der Waals surface area contributed by atoms with E-state index in [-0.39, 0.29) is 5.39 Å². The zero-order valence-corrected chi connectivity index (χ0v) is 18.9. The highest BCUT2D eigenvalue weighted by atomic mass is 19.4. The van der Waals surface area contributed by atoms with Crippen molar-refractivity contribution in [1.82, 2.24) is 4.40 Å². The van der Waals surface area contributed by atoms with E-state index in [1.165, 1.54) is 11.5 Å². The number of aryl methyl sites for hydroxylation is 3. The Morgan fingerprint density at radius 3 is 2.09 bits per heavy atom. The van der Waals surface area contributed by atoms with E-state index in [1.807, 2.05) is 49.6 Å². The van der Waals surface area contributed by atoms with E-state index in [0.717, 1.165) is 43.8 Å². The predicted octanol–water partition coefficient (Wildman–Crippen LogP) is 7.60. The number of hydrogen-bond donors (Lipinski definition) is 0. The summed E-state index contributed by atoms with van der Waals surface area (Å²) in [6.45, 7) is 4.21. The predicted molar refractivity (Wildman–Crippen MR) is 132 cm³/mol. The molecule has 0 aliphatic rings. The minimum atomic E-state index is -4.46. The Kier molecular flexibility index (Phi) is 3.56. The lowest BCUT2D eigenvalue weighted by Gasteiger charge is -2.18. The minimum Gasteiger partial charge on any atom is -0.307 e. The van der Waals surface area contributed by atoms with Crippen molar-refractivity contribution < 1.29 is 17.7 Å². The molecule has 0 unspecified atom stereocenters. The molecule has 0 aliphatic heterocycles. The van der Waals surface area contributed by atoms with Gasteiger partial charge in [0.05, 0.1) is 32.9 Å². The first-order valence-corrected chi connectivity index (χ1v) is 11.3. The fourth-order valence-corrected chi connectivity index (χ4v) is 6.10. The standard InChI is InChI=1S/C29H20F3N2/c1-15-18-8-4-5-9-19(18)16(2)26-23(15)27-24-17(12-13-33(27)3)14-21(29(30,31)32)25-20-10-6-7-11-22(20)34(26)28(24)25/h4-14H,1-3H3/q+1. The molecular weight excluding hydrogens is 433 g/mol. The van der Waals surface area contributed by atoms with Crippen LogP contribution < -0.4 is 4.57 Å². The number of nitrogens with zero attached hydrogens (tertiary/aromatic N) is 2. The highest BCUT2D eigenvalue weighted by molar-refractivity contribution is 6.29. The lowest BCUT2D eigenvalue weighted by molar-refractivity contribution is -0.643. The van der Waals surface area contributed by atoms with E-state index < -0.39 is 11.7 Å². The number of para-hydroxylation sites is 1. The van der Waals surface area contributed by atoms with Crippen LogP contribution >= 0.6 is 0 Å². The zero-order chi connectivity index (χ0) is 23.5. The second-order valence-electron chi connectivity index (χ2n) is 9.26. The van der Waals surface area contributed by atoms with Crippen LogP contribution in [0.4, 0.5) is 13.2 Å². The average molecular weight is 453 g/mol. The van der Waals surface area contributed by atoms with Gasteiger partial charge < -0.3 is 4.40 Å². The molecule has 0 atom stereocenters. The van der Waals surface area contributed by atoms with Crippen molar-refractivity contribution in [3.05, 3.63) is 83.6 Å². The normalized spacial score (nSPS) is 13.0. The fourth-order valence-electron chi connectivity index (χ4n) is 6.10. The molecule has 0 fully saturated rings. The highest BCUT2D eigenvalue weighted by Gasteiger charge is 2.37.